The van der Waals surface area contributed by atoms with Crippen molar-refractivity contribution in [1.82, 2.24) is 4.98 Å². The number of anilines is 2. The summed E-state index contributed by atoms with van der Waals surface area (Å²) in [6.07, 6.45) is 3.50. The summed E-state index contributed by atoms with van der Waals surface area (Å²) in [6.45, 7) is 15.5. The maximum atomic E-state index is 3.78. The number of halogens is 2. The summed E-state index contributed by atoms with van der Waals surface area (Å²) in [4.78, 5) is 8.98. The van der Waals surface area contributed by atoms with Crippen molar-refractivity contribution in [3.05, 3.63) is 124 Å². The zero-order valence-electron chi connectivity index (χ0n) is 23.5. The van der Waals surface area contributed by atoms with Crippen LogP contribution in [0.25, 0.3) is 0 Å². The SMILES string of the molecule is Cc1cc(C)c(N2CCN(c3c(C)cc(C)cc3C)[C]2=[Ru+2]=[CH]c2ccccc2)c(C)c1.[Cl-].[Cl-].c1ccncc1. The molecule has 0 spiro atoms. The van der Waals surface area contributed by atoms with Gasteiger partial charge in [0.1, 0.15) is 0 Å². The van der Waals surface area contributed by atoms with Crippen molar-refractivity contribution in [3.63, 3.8) is 0 Å². The van der Waals surface area contributed by atoms with E-state index in [2.05, 4.69) is 116 Å². The number of hydrogen-bond donors (Lipinski definition) is 0. The van der Waals surface area contributed by atoms with Crippen molar-refractivity contribution >= 4 is 20.3 Å². The van der Waals surface area contributed by atoms with Gasteiger partial charge < -0.3 is 24.8 Å². The van der Waals surface area contributed by atoms with Crippen molar-refractivity contribution in [3.8, 4) is 0 Å². The molecule has 39 heavy (non-hydrogen) atoms. The zero-order valence-corrected chi connectivity index (χ0v) is 26.8. The summed E-state index contributed by atoms with van der Waals surface area (Å²) < 4.78 is 3.91. The summed E-state index contributed by atoms with van der Waals surface area (Å²) in [5, 5.41) is 0. The molecule has 206 valence electrons. The molecular weight excluding hydrogens is 610 g/mol. The van der Waals surface area contributed by atoms with Crippen LogP contribution in [0.4, 0.5) is 11.4 Å². The second-order valence-corrected chi connectivity index (χ2v) is 11.5. The van der Waals surface area contributed by atoms with Gasteiger partial charge in [-0.25, -0.2) is 0 Å². The Bertz CT molecular complexity index is 1290. The first-order chi connectivity index (χ1) is 17.8. The van der Waals surface area contributed by atoms with Crippen LogP contribution in [0.1, 0.15) is 38.9 Å². The van der Waals surface area contributed by atoms with E-state index in [0.29, 0.717) is 0 Å². The smallest absolute Gasteiger partial charge is 0.0267 e. The van der Waals surface area contributed by atoms with Crippen LogP contribution in [0.5, 0.6) is 0 Å². The fourth-order valence-corrected chi connectivity index (χ4v) is 7.34. The summed E-state index contributed by atoms with van der Waals surface area (Å²) >= 11 is -0.0911. The monoisotopic (exact) mass is 647 g/mol. The van der Waals surface area contributed by atoms with Crippen LogP contribution < -0.4 is 34.6 Å². The molecule has 2 heterocycles. The van der Waals surface area contributed by atoms with Crippen LogP contribution in [0.15, 0.2) is 85.2 Å². The normalized spacial score (nSPS) is 12.1. The van der Waals surface area contributed by atoms with Crippen LogP contribution >= 0.6 is 0 Å². The summed E-state index contributed by atoms with van der Waals surface area (Å²) in [6, 6.07) is 25.8. The number of pyridine rings is 1. The molecule has 5 rings (SSSR count). The molecule has 6 heteroatoms. The van der Waals surface area contributed by atoms with E-state index < -0.39 is 0 Å². The van der Waals surface area contributed by atoms with Gasteiger partial charge in [-0.05, 0) is 12.1 Å². The molecule has 3 nitrogen and oxygen atoms in total. The first-order valence-electron chi connectivity index (χ1n) is 12.8. The van der Waals surface area contributed by atoms with Crippen LogP contribution in [0.2, 0.25) is 0 Å². The molecule has 0 amide bonds. The summed E-state index contributed by atoms with van der Waals surface area (Å²) in [5.41, 5.74) is 12.3. The molecule has 0 bridgehead atoms. The van der Waals surface area contributed by atoms with Crippen molar-refractivity contribution in [2.24, 2.45) is 0 Å². The molecule has 4 aromatic rings. The summed E-state index contributed by atoms with van der Waals surface area (Å²) in [5.74, 6) is 0. The molecule has 0 N–H and O–H groups in total. The first kappa shape index (κ1) is 32.6. The molecule has 0 aliphatic carbocycles. The van der Waals surface area contributed by atoms with Crippen molar-refractivity contribution in [2.45, 2.75) is 41.5 Å². The van der Waals surface area contributed by atoms with Crippen LogP contribution in [-0.4, -0.2) is 27.0 Å². The van der Waals surface area contributed by atoms with Crippen LogP contribution in [-0.2, 0) is 16.2 Å². The van der Waals surface area contributed by atoms with E-state index >= 15 is 0 Å². The second kappa shape index (κ2) is 15.2. The predicted octanol–water partition coefficient (Wildman–Crippen LogP) is 0.974. The van der Waals surface area contributed by atoms with Gasteiger partial charge in [0.15, 0.2) is 0 Å². The maximum Gasteiger partial charge on any atom is 0.0267 e. The molecule has 1 saturated heterocycles. The third-order valence-corrected chi connectivity index (χ3v) is 8.63. The standard InChI is InChI=1S/C21H26N2.C7H6.C5H5N.2ClH.Ru/c1-14-9-16(3)20(17(4)10-14)22-7-8-23(13-22)21-18(5)11-15(2)12-19(21)6;1-7-5-3-2-4-6-7;1-2-4-6-5-3-1;;;/h9-12H,7-8H2,1-6H3;1-6H;1-5H;2*1H;/q;;;;;+2/p-2. The first-order valence-corrected chi connectivity index (χ1v) is 14.6. The van der Waals surface area contributed by atoms with E-state index in [1.54, 1.807) is 12.4 Å². The van der Waals surface area contributed by atoms with Crippen molar-refractivity contribution < 1.29 is 41.0 Å². The number of aromatic nitrogens is 1. The minimum absolute atomic E-state index is 0. The quantitative estimate of drug-likeness (QED) is 0.310. The minimum atomic E-state index is -0.0911. The van der Waals surface area contributed by atoms with Crippen LogP contribution in [0, 0.1) is 41.5 Å². The van der Waals surface area contributed by atoms with Gasteiger partial charge in [0.2, 0.25) is 0 Å². The Kier molecular flexibility index (Phi) is 12.7. The third-order valence-electron chi connectivity index (χ3n) is 6.42. The molecule has 0 atom stereocenters. The maximum absolute atomic E-state index is 3.78. The van der Waals surface area contributed by atoms with Crippen molar-refractivity contribution in [2.75, 3.05) is 22.9 Å². The summed E-state index contributed by atoms with van der Waals surface area (Å²) in [7, 11) is 0. The Morgan fingerprint density at radius 3 is 1.38 bits per heavy atom. The largest absolute Gasteiger partial charge is 1.00 e. The van der Waals surface area contributed by atoms with E-state index in [1.807, 2.05) is 18.2 Å². The average molecular weight is 648 g/mol. The number of hydrogen-bond acceptors (Lipinski definition) is 3. The van der Waals surface area contributed by atoms with E-state index in [1.165, 1.54) is 54.7 Å². The van der Waals surface area contributed by atoms with E-state index in [4.69, 9.17) is 0 Å². The van der Waals surface area contributed by atoms with Crippen molar-refractivity contribution in [1.29, 1.82) is 0 Å². The van der Waals surface area contributed by atoms with Gasteiger partial charge in [-0.15, -0.1) is 0 Å². The molecule has 3 aromatic carbocycles. The molecule has 0 saturated carbocycles. The van der Waals surface area contributed by atoms with Gasteiger partial charge >= 0.3 is 195 Å². The number of nitrogens with zero attached hydrogens (tertiary/aromatic N) is 3. The molecule has 0 unspecified atom stereocenters. The molecule has 1 aliphatic heterocycles. The van der Waals surface area contributed by atoms with E-state index in [9.17, 15) is 0 Å². The van der Waals surface area contributed by atoms with Gasteiger partial charge in [0.25, 0.3) is 0 Å². The fourth-order valence-electron chi connectivity index (χ4n) is 5.17. The van der Waals surface area contributed by atoms with Crippen LogP contribution in [0.3, 0.4) is 0 Å². The third kappa shape index (κ3) is 8.18. The molecule has 1 aliphatic rings. The molecular formula is C33H37Cl2N3Ru. The van der Waals surface area contributed by atoms with Gasteiger partial charge in [-0.2, -0.15) is 0 Å². The number of aryl methyl sites for hydroxylation is 6. The molecule has 1 aromatic heterocycles. The van der Waals surface area contributed by atoms with Gasteiger partial charge in [-0.3, -0.25) is 4.98 Å². The Balaban J connectivity index is 0.000000591. The predicted molar refractivity (Wildman–Crippen MR) is 157 cm³/mol. The topological polar surface area (TPSA) is 19.4 Å². The fraction of sp³-hybridized carbons (Fsp3) is 0.242. The Morgan fingerprint density at radius 2 is 1.03 bits per heavy atom. The van der Waals surface area contributed by atoms with Gasteiger partial charge in [0, 0.05) is 12.4 Å². The van der Waals surface area contributed by atoms with E-state index in [0.717, 1.165) is 13.1 Å². The number of benzene rings is 3. The Morgan fingerprint density at radius 1 is 0.615 bits per heavy atom. The zero-order chi connectivity index (χ0) is 26.4. The average Bonchev–Trinajstić information content (AvgIpc) is 3.26. The minimum Gasteiger partial charge on any atom is -1.00 e. The molecule has 0 radical (unpaired) electrons. The Labute approximate surface area is 253 Å². The number of rotatable bonds is 3. The van der Waals surface area contributed by atoms with Gasteiger partial charge in [0.05, 0.1) is 0 Å². The van der Waals surface area contributed by atoms with E-state index in [-0.39, 0.29) is 41.0 Å². The second-order valence-electron chi connectivity index (χ2n) is 9.70. The van der Waals surface area contributed by atoms with Gasteiger partial charge in [-0.1, -0.05) is 6.07 Å². The Hall–Kier alpha value is -2.65. The molecule has 1 fully saturated rings.